The number of amides is 2. The van der Waals surface area contributed by atoms with Crippen molar-refractivity contribution in [2.45, 2.75) is 36.7 Å². The zero-order valence-electron chi connectivity index (χ0n) is 18.1. The number of hydrogen-bond donors (Lipinski definition) is 0. The molecule has 33 heavy (non-hydrogen) atoms. The molecule has 2 amide bonds. The van der Waals surface area contributed by atoms with Gasteiger partial charge in [-0.3, -0.25) is 14.5 Å². The van der Waals surface area contributed by atoms with Gasteiger partial charge in [-0.1, -0.05) is 12.1 Å². The summed E-state index contributed by atoms with van der Waals surface area (Å²) in [6, 6.07) is 13.8. The van der Waals surface area contributed by atoms with E-state index in [0.717, 1.165) is 29.4 Å². The molecule has 0 atom stereocenters. The van der Waals surface area contributed by atoms with Crippen molar-refractivity contribution in [2.24, 2.45) is 0 Å². The van der Waals surface area contributed by atoms with E-state index in [1.807, 2.05) is 12.1 Å². The van der Waals surface area contributed by atoms with E-state index < -0.39 is 15.9 Å². The Labute approximate surface area is 193 Å². The second-order valence-electron chi connectivity index (χ2n) is 8.78. The molecule has 2 heterocycles. The third-order valence-corrected chi connectivity index (χ3v) is 8.31. The molecule has 1 saturated heterocycles. The fourth-order valence-corrected chi connectivity index (χ4v) is 6.35. The third-order valence-electron chi connectivity index (χ3n) is 6.44. The topological polar surface area (TPSA) is 102 Å². The second kappa shape index (κ2) is 8.28. The number of sulfonamides is 1. The Balaban J connectivity index is 1.28. The summed E-state index contributed by atoms with van der Waals surface area (Å²) < 4.78 is 26.8. The highest BCUT2D eigenvalue weighted by Gasteiger charge is 2.48. The summed E-state index contributed by atoms with van der Waals surface area (Å²) in [6.45, 7) is 3.39. The first-order valence-corrected chi connectivity index (χ1v) is 12.6. The lowest BCUT2D eigenvalue weighted by molar-refractivity contribution is 0.0759. The largest absolute Gasteiger partial charge is 0.337 e. The minimum absolute atomic E-state index is 0.0532. The number of carbonyl (C=O) groups excluding carboxylic acids is 2. The summed E-state index contributed by atoms with van der Waals surface area (Å²) >= 11 is 0. The Kier molecular flexibility index (Phi) is 5.43. The van der Waals surface area contributed by atoms with Crippen molar-refractivity contribution in [3.8, 4) is 6.07 Å². The van der Waals surface area contributed by atoms with Crippen LogP contribution in [0.5, 0.6) is 0 Å². The van der Waals surface area contributed by atoms with Crippen LogP contribution < -0.4 is 0 Å². The van der Waals surface area contributed by atoms with Gasteiger partial charge in [0.25, 0.3) is 21.8 Å². The monoisotopic (exact) mass is 464 g/mol. The molecule has 2 aliphatic heterocycles. The highest BCUT2D eigenvalue weighted by molar-refractivity contribution is 7.90. The molecule has 170 valence electrons. The quantitative estimate of drug-likeness (QED) is 0.688. The highest BCUT2D eigenvalue weighted by Crippen LogP contribution is 2.39. The number of hydrogen-bond acceptors (Lipinski definition) is 6. The zero-order chi connectivity index (χ0) is 23.2. The van der Waals surface area contributed by atoms with Crippen LogP contribution in [0.15, 0.2) is 47.4 Å². The number of fused-ring (bicyclic) bond motifs is 1. The highest BCUT2D eigenvalue weighted by atomic mass is 32.2. The van der Waals surface area contributed by atoms with Gasteiger partial charge in [-0.05, 0) is 55.2 Å². The van der Waals surface area contributed by atoms with Crippen molar-refractivity contribution in [3.63, 3.8) is 0 Å². The van der Waals surface area contributed by atoms with E-state index in [4.69, 9.17) is 5.26 Å². The molecule has 0 radical (unpaired) electrons. The Morgan fingerprint density at radius 1 is 1.03 bits per heavy atom. The van der Waals surface area contributed by atoms with Crippen LogP contribution in [0.4, 0.5) is 0 Å². The van der Waals surface area contributed by atoms with Crippen LogP contribution in [0.1, 0.15) is 51.1 Å². The lowest BCUT2D eigenvalue weighted by Gasteiger charge is -2.22. The van der Waals surface area contributed by atoms with Gasteiger partial charge >= 0.3 is 0 Å². The maximum Gasteiger partial charge on any atom is 0.269 e. The molecule has 0 N–H and O–H groups in total. The van der Waals surface area contributed by atoms with Crippen LogP contribution in [0.2, 0.25) is 0 Å². The van der Waals surface area contributed by atoms with E-state index in [9.17, 15) is 18.0 Å². The van der Waals surface area contributed by atoms with Gasteiger partial charge in [0.2, 0.25) is 0 Å². The lowest BCUT2D eigenvalue weighted by atomic mass is 10.1. The summed E-state index contributed by atoms with van der Waals surface area (Å²) in [5.41, 5.74) is 2.19. The first kappa shape index (κ1) is 21.6. The minimum atomic E-state index is -3.89. The Bertz CT molecular complexity index is 1260. The molecule has 3 aliphatic rings. The summed E-state index contributed by atoms with van der Waals surface area (Å²) in [4.78, 5) is 29.7. The number of rotatable bonds is 4. The number of nitrogens with zero attached hydrogens (tertiary/aromatic N) is 4. The molecule has 0 spiro atoms. The van der Waals surface area contributed by atoms with Crippen molar-refractivity contribution < 1.29 is 18.0 Å². The Morgan fingerprint density at radius 2 is 1.79 bits per heavy atom. The molecular formula is C24H24N4O4S. The summed E-state index contributed by atoms with van der Waals surface area (Å²) in [5, 5.41) is 8.95. The van der Waals surface area contributed by atoms with Gasteiger partial charge in [0.05, 0.1) is 17.2 Å². The number of benzene rings is 2. The average molecular weight is 465 g/mol. The van der Waals surface area contributed by atoms with Gasteiger partial charge in [-0.2, -0.15) is 5.26 Å². The molecule has 8 nitrogen and oxygen atoms in total. The lowest BCUT2D eigenvalue weighted by Crippen LogP contribution is -2.35. The molecule has 0 bridgehead atoms. The molecular weight excluding hydrogens is 440 g/mol. The molecule has 5 rings (SSSR count). The molecule has 1 saturated carbocycles. The summed E-state index contributed by atoms with van der Waals surface area (Å²) in [7, 11) is -3.89. The van der Waals surface area contributed by atoms with Crippen molar-refractivity contribution in [1.29, 1.82) is 5.26 Å². The fourth-order valence-electron chi connectivity index (χ4n) is 4.51. The molecule has 0 aromatic heterocycles. The van der Waals surface area contributed by atoms with E-state index in [0.29, 0.717) is 43.6 Å². The van der Waals surface area contributed by atoms with Gasteiger partial charge in [0, 0.05) is 44.3 Å². The first-order chi connectivity index (χ1) is 15.9. The smallest absolute Gasteiger partial charge is 0.269 e. The number of carbonyl (C=O) groups is 2. The Morgan fingerprint density at radius 3 is 2.48 bits per heavy atom. The molecule has 2 aromatic carbocycles. The predicted molar refractivity (Wildman–Crippen MR) is 120 cm³/mol. The van der Waals surface area contributed by atoms with E-state index >= 15 is 0 Å². The third kappa shape index (κ3) is 4.01. The van der Waals surface area contributed by atoms with Crippen LogP contribution in [0.25, 0.3) is 0 Å². The zero-order valence-corrected chi connectivity index (χ0v) is 18.9. The van der Waals surface area contributed by atoms with E-state index in [-0.39, 0.29) is 22.4 Å². The predicted octanol–water partition coefficient (Wildman–Crippen LogP) is 2.21. The normalized spacial score (nSPS) is 20.3. The van der Waals surface area contributed by atoms with Crippen molar-refractivity contribution >= 4 is 21.8 Å². The van der Waals surface area contributed by atoms with Gasteiger partial charge in [0.1, 0.15) is 4.90 Å². The summed E-state index contributed by atoms with van der Waals surface area (Å²) in [6.07, 6.45) is 2.19. The minimum Gasteiger partial charge on any atom is -0.337 e. The maximum atomic E-state index is 13.2. The van der Waals surface area contributed by atoms with Gasteiger partial charge in [-0.15, -0.1) is 0 Å². The standard InChI is InChI=1S/C24H24N4O4S/c25-15-17-2-4-18(5-3-17)16-26-10-1-11-27(13-12-26)23(29)19-6-9-21-22(14-19)33(31,32)28(24(21)30)20-7-8-20/h2-6,9,14,20H,1,7-8,10-13,16H2. The van der Waals surface area contributed by atoms with Gasteiger partial charge in [-0.25, -0.2) is 12.7 Å². The van der Waals surface area contributed by atoms with Crippen LogP contribution in [0.3, 0.4) is 0 Å². The average Bonchev–Trinajstić information content (AvgIpc) is 3.64. The van der Waals surface area contributed by atoms with Gasteiger partial charge in [0.15, 0.2) is 0 Å². The van der Waals surface area contributed by atoms with Crippen LogP contribution in [0, 0.1) is 11.3 Å². The number of nitriles is 1. The van der Waals surface area contributed by atoms with Crippen LogP contribution in [-0.4, -0.2) is 66.6 Å². The summed E-state index contributed by atoms with van der Waals surface area (Å²) in [5.74, 6) is -0.703. The van der Waals surface area contributed by atoms with Crippen molar-refractivity contribution in [3.05, 3.63) is 64.7 Å². The first-order valence-electron chi connectivity index (χ1n) is 11.1. The fraction of sp³-hybridized carbons (Fsp3) is 0.375. The molecule has 2 aromatic rings. The second-order valence-corrected chi connectivity index (χ2v) is 10.6. The van der Waals surface area contributed by atoms with Crippen molar-refractivity contribution in [1.82, 2.24) is 14.1 Å². The van der Waals surface area contributed by atoms with Crippen molar-refractivity contribution in [2.75, 3.05) is 26.2 Å². The van der Waals surface area contributed by atoms with E-state index in [2.05, 4.69) is 11.0 Å². The van der Waals surface area contributed by atoms with E-state index in [1.54, 1.807) is 23.1 Å². The van der Waals surface area contributed by atoms with Crippen LogP contribution >= 0.6 is 0 Å². The van der Waals surface area contributed by atoms with Crippen LogP contribution in [-0.2, 0) is 16.6 Å². The maximum absolute atomic E-state index is 13.2. The molecule has 1 aliphatic carbocycles. The Hall–Kier alpha value is -3.22. The molecule has 2 fully saturated rings. The SMILES string of the molecule is N#Cc1ccc(CN2CCCN(C(=O)c3ccc4c(c3)S(=O)(=O)N(C3CC3)C4=O)CC2)cc1. The molecule has 9 heteroatoms. The van der Waals surface area contributed by atoms with E-state index in [1.165, 1.54) is 12.1 Å². The molecule has 0 unspecified atom stereocenters. The van der Waals surface area contributed by atoms with Gasteiger partial charge < -0.3 is 4.90 Å².